The summed E-state index contributed by atoms with van der Waals surface area (Å²) in [5, 5.41) is 0.562. The van der Waals surface area contributed by atoms with Crippen LogP contribution in [0.5, 0.6) is 0 Å². The standard InChI is InChI=1S/C19H17NO4.C16H25BO2/c1-13(11-12-14-7-3-2-4-8-14)19(23)24-20-17(21)15-9-5-6-10-16(15)18(20)22;1-13(11-12-14-9-7-6-8-10-14)17-18-15(2,3)16(4,5)19-17/h2-10,13H,11-12H2,1H3;6-10,13H,11-12H2,1-5H3. The van der Waals surface area contributed by atoms with Crippen LogP contribution in [0.25, 0.3) is 0 Å². The van der Waals surface area contributed by atoms with Crippen LogP contribution in [0.2, 0.25) is 5.82 Å². The normalized spacial score (nSPS) is 18.0. The van der Waals surface area contributed by atoms with E-state index in [2.05, 4.69) is 65.0 Å². The Hall–Kier alpha value is -3.75. The molecule has 0 aliphatic carbocycles. The lowest BCUT2D eigenvalue weighted by Gasteiger charge is -2.32. The first-order chi connectivity index (χ1) is 20.4. The molecule has 7 nitrogen and oxygen atoms in total. The van der Waals surface area contributed by atoms with E-state index in [1.807, 2.05) is 30.3 Å². The Balaban J connectivity index is 0.000000203. The molecule has 0 radical (unpaired) electrons. The second-order valence-corrected chi connectivity index (χ2v) is 12.4. The minimum atomic E-state index is -0.598. The zero-order valence-electron chi connectivity index (χ0n) is 26.0. The quantitative estimate of drug-likeness (QED) is 0.197. The van der Waals surface area contributed by atoms with Gasteiger partial charge in [-0.15, -0.1) is 0 Å². The summed E-state index contributed by atoms with van der Waals surface area (Å²) in [6.45, 7) is 12.4. The lowest BCUT2D eigenvalue weighted by molar-refractivity contribution is -0.173. The van der Waals surface area contributed by atoms with Gasteiger partial charge in [0.25, 0.3) is 11.8 Å². The molecule has 1 fully saturated rings. The molecule has 226 valence electrons. The predicted molar refractivity (Wildman–Crippen MR) is 167 cm³/mol. The molecule has 2 aliphatic rings. The summed E-state index contributed by atoms with van der Waals surface area (Å²) in [4.78, 5) is 41.6. The molecular formula is C35H42BNO6. The Labute approximate surface area is 255 Å². The van der Waals surface area contributed by atoms with E-state index in [4.69, 9.17) is 14.1 Å². The fraction of sp³-hybridized carbons (Fsp3) is 0.400. The van der Waals surface area contributed by atoms with Gasteiger partial charge in [0.15, 0.2) is 0 Å². The topological polar surface area (TPSA) is 82.1 Å². The second-order valence-electron chi connectivity index (χ2n) is 12.4. The highest BCUT2D eigenvalue weighted by molar-refractivity contribution is 6.47. The molecular weight excluding hydrogens is 541 g/mol. The number of hydrogen-bond acceptors (Lipinski definition) is 6. The molecule has 43 heavy (non-hydrogen) atoms. The lowest BCUT2D eigenvalue weighted by atomic mass is 9.70. The second kappa shape index (κ2) is 13.7. The first-order valence-electron chi connectivity index (χ1n) is 15.0. The van der Waals surface area contributed by atoms with Crippen molar-refractivity contribution in [1.82, 2.24) is 5.06 Å². The summed E-state index contributed by atoms with van der Waals surface area (Å²) in [5.41, 5.74) is 2.57. The molecule has 0 aromatic heterocycles. The first-order valence-corrected chi connectivity index (χ1v) is 15.0. The van der Waals surface area contributed by atoms with Gasteiger partial charge in [0.1, 0.15) is 0 Å². The monoisotopic (exact) mass is 583 g/mol. The third-order valence-electron chi connectivity index (χ3n) is 8.52. The van der Waals surface area contributed by atoms with Crippen LogP contribution in [-0.2, 0) is 31.8 Å². The predicted octanol–water partition coefficient (Wildman–Crippen LogP) is 7.11. The van der Waals surface area contributed by atoms with Crippen molar-refractivity contribution in [3.63, 3.8) is 0 Å². The van der Waals surface area contributed by atoms with Crippen molar-refractivity contribution in [1.29, 1.82) is 0 Å². The largest absolute Gasteiger partial charge is 0.460 e. The van der Waals surface area contributed by atoms with Crippen LogP contribution in [0.3, 0.4) is 0 Å². The summed E-state index contributed by atoms with van der Waals surface area (Å²) in [5.74, 6) is -1.80. The van der Waals surface area contributed by atoms with Crippen molar-refractivity contribution in [3.8, 4) is 0 Å². The maximum absolute atomic E-state index is 12.2. The van der Waals surface area contributed by atoms with E-state index in [9.17, 15) is 14.4 Å². The highest BCUT2D eigenvalue weighted by Crippen LogP contribution is 2.40. The average molecular weight is 584 g/mol. The van der Waals surface area contributed by atoms with Gasteiger partial charge in [0.05, 0.1) is 28.2 Å². The molecule has 0 spiro atoms. The van der Waals surface area contributed by atoms with Gasteiger partial charge in [-0.3, -0.25) is 9.59 Å². The molecule has 5 rings (SSSR count). The molecule has 2 aliphatic heterocycles. The smallest absolute Gasteiger partial charge is 0.403 e. The van der Waals surface area contributed by atoms with Gasteiger partial charge < -0.3 is 14.1 Å². The lowest BCUT2D eigenvalue weighted by Crippen LogP contribution is -2.41. The summed E-state index contributed by atoms with van der Waals surface area (Å²) in [7, 11) is -0.0892. The average Bonchev–Trinajstić information content (AvgIpc) is 3.38. The molecule has 2 amide bonds. The van der Waals surface area contributed by atoms with Crippen molar-refractivity contribution >= 4 is 24.9 Å². The van der Waals surface area contributed by atoms with E-state index >= 15 is 0 Å². The number of nitrogens with zero attached hydrogens (tertiary/aromatic N) is 1. The van der Waals surface area contributed by atoms with Crippen LogP contribution in [0, 0.1) is 5.92 Å². The summed E-state index contributed by atoms with van der Waals surface area (Å²) < 4.78 is 12.2. The molecule has 2 unspecified atom stereocenters. The summed E-state index contributed by atoms with van der Waals surface area (Å²) in [6, 6.07) is 26.8. The third-order valence-corrected chi connectivity index (χ3v) is 8.52. The van der Waals surface area contributed by atoms with Gasteiger partial charge in [-0.25, -0.2) is 4.79 Å². The van der Waals surface area contributed by atoms with Gasteiger partial charge >= 0.3 is 13.1 Å². The van der Waals surface area contributed by atoms with Gasteiger partial charge in [-0.05, 0) is 82.5 Å². The molecule has 8 heteroatoms. The molecule has 0 saturated carbocycles. The third kappa shape index (κ3) is 7.81. The molecule has 2 atom stereocenters. The van der Waals surface area contributed by atoms with Crippen LogP contribution in [0.4, 0.5) is 0 Å². The maximum atomic E-state index is 12.2. The van der Waals surface area contributed by atoms with Gasteiger partial charge in [-0.1, -0.05) is 91.7 Å². The number of amides is 2. The van der Waals surface area contributed by atoms with E-state index in [0.29, 0.717) is 17.3 Å². The van der Waals surface area contributed by atoms with Gasteiger partial charge in [0, 0.05) is 0 Å². The van der Waals surface area contributed by atoms with Crippen LogP contribution < -0.4 is 0 Å². The Bertz CT molecular complexity index is 1360. The Morgan fingerprint density at radius 3 is 1.60 bits per heavy atom. The van der Waals surface area contributed by atoms with Crippen molar-refractivity contribution < 1.29 is 28.5 Å². The summed E-state index contributed by atoms with van der Waals surface area (Å²) >= 11 is 0. The first kappa shape index (κ1) is 32.2. The highest BCUT2D eigenvalue weighted by Gasteiger charge is 2.52. The van der Waals surface area contributed by atoms with E-state index in [1.165, 1.54) is 5.56 Å². The van der Waals surface area contributed by atoms with Gasteiger partial charge in [0.2, 0.25) is 0 Å². The molecule has 3 aromatic rings. The minimum absolute atomic E-state index is 0.0892. The number of imide groups is 1. The molecule has 1 saturated heterocycles. The van der Waals surface area contributed by atoms with Crippen LogP contribution >= 0.6 is 0 Å². The highest BCUT2D eigenvalue weighted by atomic mass is 16.7. The van der Waals surface area contributed by atoms with Crippen LogP contribution in [0.1, 0.15) is 86.2 Å². The van der Waals surface area contributed by atoms with E-state index in [0.717, 1.165) is 24.8 Å². The fourth-order valence-corrected chi connectivity index (χ4v) is 4.87. The number of benzene rings is 3. The maximum Gasteiger partial charge on any atom is 0.460 e. The Morgan fingerprint density at radius 2 is 1.14 bits per heavy atom. The Kier molecular flexibility index (Phi) is 10.3. The SMILES string of the molecule is CC(CCc1ccccc1)B1OC(C)(C)C(C)(C)O1.CC(CCc1ccccc1)C(=O)ON1C(=O)c2ccccc2C1=O. The van der Waals surface area contributed by atoms with Crippen molar-refractivity contribution in [3.05, 3.63) is 107 Å². The fourth-order valence-electron chi connectivity index (χ4n) is 4.87. The number of rotatable bonds is 9. The minimum Gasteiger partial charge on any atom is -0.403 e. The zero-order chi connectivity index (χ0) is 31.2. The van der Waals surface area contributed by atoms with E-state index < -0.39 is 23.7 Å². The van der Waals surface area contributed by atoms with Gasteiger partial charge in [-0.2, -0.15) is 0 Å². The molecule has 3 aromatic carbocycles. The number of carbonyl (C=O) groups excluding carboxylic acids is 3. The van der Waals surface area contributed by atoms with Crippen molar-refractivity contribution in [2.75, 3.05) is 0 Å². The van der Waals surface area contributed by atoms with Crippen LogP contribution in [-0.4, -0.2) is 41.2 Å². The van der Waals surface area contributed by atoms with Crippen LogP contribution in [0.15, 0.2) is 84.9 Å². The molecule has 0 bridgehead atoms. The molecule has 0 N–H and O–H groups in total. The van der Waals surface area contributed by atoms with Crippen molar-refractivity contribution in [2.45, 2.75) is 84.2 Å². The number of carbonyl (C=O) groups is 3. The number of hydroxylamine groups is 2. The summed E-state index contributed by atoms with van der Waals surface area (Å²) in [6.07, 6.45) is 3.46. The zero-order valence-corrected chi connectivity index (χ0v) is 26.0. The molecule has 2 heterocycles. The Morgan fingerprint density at radius 1 is 0.721 bits per heavy atom. The van der Waals surface area contributed by atoms with E-state index in [1.54, 1.807) is 31.2 Å². The number of fused-ring (bicyclic) bond motifs is 1. The van der Waals surface area contributed by atoms with Crippen molar-refractivity contribution in [2.24, 2.45) is 5.92 Å². The van der Waals surface area contributed by atoms with E-state index in [-0.39, 0.29) is 29.4 Å². The number of aryl methyl sites for hydroxylation is 2. The number of hydrogen-bond donors (Lipinski definition) is 0.